The van der Waals surface area contributed by atoms with Crippen molar-refractivity contribution in [3.8, 4) is 23.2 Å². The number of ether oxygens (including phenoxy) is 1. The van der Waals surface area contributed by atoms with Gasteiger partial charge in [0.05, 0.1) is 20.8 Å². The molecule has 1 atom stereocenters. The number of nitrogen functional groups attached to an aromatic ring is 1. The molecule has 0 spiro atoms. The van der Waals surface area contributed by atoms with Gasteiger partial charge in [-0.3, -0.25) is 4.90 Å². The van der Waals surface area contributed by atoms with Crippen molar-refractivity contribution in [1.82, 2.24) is 20.2 Å². The van der Waals surface area contributed by atoms with E-state index >= 15 is 4.39 Å². The van der Waals surface area contributed by atoms with Gasteiger partial charge in [-0.2, -0.15) is 15.2 Å². The van der Waals surface area contributed by atoms with E-state index in [9.17, 15) is 9.65 Å². The molecule has 42 heavy (non-hydrogen) atoms. The number of nitrogens with one attached hydrogen (secondary N) is 1. The lowest BCUT2D eigenvalue weighted by Gasteiger charge is -2.36. The summed E-state index contributed by atoms with van der Waals surface area (Å²) in [5, 5.41) is 14.2. The van der Waals surface area contributed by atoms with Gasteiger partial charge < -0.3 is 20.7 Å². The van der Waals surface area contributed by atoms with E-state index in [2.05, 4.69) is 27.0 Å². The standard InChI is InChI=1S/C30H30ClF2N7OS/c1-16-14-36-8-11-40(16)28-18-12-20(31)23(17-4-5-21(32)26-22(17)19(13-34)27(35)42-26)24(33)25(18)37-29(38-28)41-15-30-6-2-9-39(30)10-3-7-30/h4-5,12,16,36H,2-3,6-11,14-15,35H2,1H3. The Hall–Kier alpha value is -3.30. The largest absolute Gasteiger partial charge is 0.461 e. The molecule has 2 aromatic heterocycles. The Morgan fingerprint density at radius 1 is 1.24 bits per heavy atom. The molecule has 7 rings (SSSR count). The molecule has 0 bridgehead atoms. The quantitative estimate of drug-likeness (QED) is 0.297. The number of halogens is 3. The Labute approximate surface area is 251 Å². The molecular formula is C30H30ClF2N7OS. The summed E-state index contributed by atoms with van der Waals surface area (Å²) in [4.78, 5) is 14.1. The van der Waals surface area contributed by atoms with E-state index in [4.69, 9.17) is 27.1 Å². The van der Waals surface area contributed by atoms with Gasteiger partial charge in [0.1, 0.15) is 34.8 Å². The molecule has 3 N–H and O–H groups in total. The molecule has 5 heterocycles. The molecule has 4 aromatic rings. The zero-order valence-corrected chi connectivity index (χ0v) is 24.7. The van der Waals surface area contributed by atoms with Crippen molar-refractivity contribution in [2.75, 3.05) is 50.0 Å². The van der Waals surface area contributed by atoms with Gasteiger partial charge in [-0.15, -0.1) is 11.3 Å². The van der Waals surface area contributed by atoms with Crippen LogP contribution in [-0.2, 0) is 0 Å². The van der Waals surface area contributed by atoms with Crippen LogP contribution in [0, 0.1) is 23.0 Å². The summed E-state index contributed by atoms with van der Waals surface area (Å²) >= 11 is 7.77. The molecule has 218 valence electrons. The van der Waals surface area contributed by atoms with Gasteiger partial charge in [-0.05, 0) is 63.4 Å². The van der Waals surface area contributed by atoms with E-state index in [-0.39, 0.29) is 59.9 Å². The number of hydrogen-bond acceptors (Lipinski definition) is 9. The normalized spacial score (nSPS) is 20.4. The lowest BCUT2D eigenvalue weighted by molar-refractivity contribution is 0.108. The molecule has 2 aromatic carbocycles. The topological polar surface area (TPSA) is 103 Å². The molecule has 3 aliphatic rings. The monoisotopic (exact) mass is 609 g/mol. The molecule has 3 saturated heterocycles. The van der Waals surface area contributed by atoms with E-state index in [1.165, 1.54) is 12.1 Å². The van der Waals surface area contributed by atoms with Gasteiger partial charge in [-0.25, -0.2) is 8.78 Å². The molecule has 0 amide bonds. The fourth-order valence-corrected chi connectivity index (χ4v) is 8.26. The van der Waals surface area contributed by atoms with Crippen molar-refractivity contribution in [3.63, 3.8) is 0 Å². The van der Waals surface area contributed by atoms with Crippen LogP contribution in [0.25, 0.3) is 32.1 Å². The van der Waals surface area contributed by atoms with Crippen LogP contribution in [0.15, 0.2) is 18.2 Å². The number of nitrogens with zero attached hydrogens (tertiary/aromatic N) is 5. The van der Waals surface area contributed by atoms with E-state index < -0.39 is 11.6 Å². The van der Waals surface area contributed by atoms with Crippen LogP contribution in [0.2, 0.25) is 5.02 Å². The van der Waals surface area contributed by atoms with E-state index in [1.807, 2.05) is 6.07 Å². The first kappa shape index (κ1) is 27.5. The van der Waals surface area contributed by atoms with Gasteiger partial charge in [0, 0.05) is 42.0 Å². The molecule has 0 aliphatic carbocycles. The molecule has 0 saturated carbocycles. The number of aromatic nitrogens is 2. The lowest BCUT2D eigenvalue weighted by atomic mass is 9.95. The zero-order valence-electron chi connectivity index (χ0n) is 23.1. The first-order valence-corrected chi connectivity index (χ1v) is 15.5. The van der Waals surface area contributed by atoms with Crippen molar-refractivity contribution < 1.29 is 13.5 Å². The van der Waals surface area contributed by atoms with Gasteiger partial charge in [-0.1, -0.05) is 17.7 Å². The number of benzene rings is 2. The third-order valence-electron chi connectivity index (χ3n) is 9.10. The Morgan fingerprint density at radius 2 is 2.02 bits per heavy atom. The highest BCUT2D eigenvalue weighted by Gasteiger charge is 2.45. The van der Waals surface area contributed by atoms with Crippen LogP contribution in [0.3, 0.4) is 0 Å². The minimum Gasteiger partial charge on any atom is -0.461 e. The number of rotatable bonds is 5. The maximum atomic E-state index is 16.8. The van der Waals surface area contributed by atoms with E-state index in [0.717, 1.165) is 63.2 Å². The first-order chi connectivity index (χ1) is 20.3. The van der Waals surface area contributed by atoms with E-state index in [0.29, 0.717) is 24.4 Å². The summed E-state index contributed by atoms with van der Waals surface area (Å²) in [6.45, 7) is 6.82. The van der Waals surface area contributed by atoms with Crippen molar-refractivity contribution in [1.29, 1.82) is 5.26 Å². The average Bonchev–Trinajstić information content (AvgIpc) is 3.66. The highest BCUT2D eigenvalue weighted by Crippen LogP contribution is 2.46. The number of nitriles is 1. The predicted molar refractivity (Wildman–Crippen MR) is 162 cm³/mol. The molecule has 3 aliphatic heterocycles. The van der Waals surface area contributed by atoms with Crippen LogP contribution in [-0.4, -0.2) is 65.8 Å². The van der Waals surface area contributed by atoms with Crippen LogP contribution in [0.1, 0.15) is 38.2 Å². The molecular weight excluding hydrogens is 580 g/mol. The summed E-state index contributed by atoms with van der Waals surface area (Å²) in [7, 11) is 0. The number of thiophene rings is 1. The van der Waals surface area contributed by atoms with E-state index in [1.54, 1.807) is 6.07 Å². The molecule has 8 nitrogen and oxygen atoms in total. The predicted octanol–water partition coefficient (Wildman–Crippen LogP) is 5.70. The smallest absolute Gasteiger partial charge is 0.319 e. The second-order valence-electron chi connectivity index (χ2n) is 11.5. The minimum absolute atomic E-state index is 0.0309. The molecule has 12 heteroatoms. The maximum Gasteiger partial charge on any atom is 0.319 e. The van der Waals surface area contributed by atoms with Crippen LogP contribution < -0.4 is 20.7 Å². The number of nitrogens with two attached hydrogens (primary N) is 1. The van der Waals surface area contributed by atoms with Crippen molar-refractivity contribution in [2.24, 2.45) is 0 Å². The highest BCUT2D eigenvalue weighted by atomic mass is 35.5. The van der Waals surface area contributed by atoms with Crippen molar-refractivity contribution >= 4 is 54.7 Å². The maximum absolute atomic E-state index is 16.8. The van der Waals surface area contributed by atoms with Crippen LogP contribution in [0.4, 0.5) is 19.6 Å². The summed E-state index contributed by atoms with van der Waals surface area (Å²) < 4.78 is 38.1. The summed E-state index contributed by atoms with van der Waals surface area (Å²) in [5.41, 5.74) is 6.50. The number of piperazine rings is 1. The van der Waals surface area contributed by atoms with Gasteiger partial charge in [0.25, 0.3) is 0 Å². The fourth-order valence-electron chi connectivity index (χ4n) is 7.01. The van der Waals surface area contributed by atoms with Gasteiger partial charge >= 0.3 is 6.01 Å². The zero-order chi connectivity index (χ0) is 29.2. The van der Waals surface area contributed by atoms with Gasteiger partial charge in [0.2, 0.25) is 0 Å². The fraction of sp³-hybridized carbons (Fsp3) is 0.433. The molecule has 3 fully saturated rings. The van der Waals surface area contributed by atoms with Crippen molar-refractivity contribution in [3.05, 3.63) is 40.4 Å². The van der Waals surface area contributed by atoms with Crippen LogP contribution >= 0.6 is 22.9 Å². The van der Waals surface area contributed by atoms with Crippen LogP contribution in [0.5, 0.6) is 6.01 Å². The average molecular weight is 610 g/mol. The second-order valence-corrected chi connectivity index (χ2v) is 12.9. The SMILES string of the molecule is CC1CNCCN1c1nc(OCC23CCCN2CCC3)nc2c(F)c(-c3ccc(F)c4sc(N)c(C#N)c34)c(Cl)cc12. The number of fused-ring (bicyclic) bond motifs is 3. The van der Waals surface area contributed by atoms with Gasteiger partial charge in [0.15, 0.2) is 5.82 Å². The molecule has 0 radical (unpaired) electrons. The Bertz CT molecular complexity index is 1760. The Morgan fingerprint density at radius 3 is 2.76 bits per heavy atom. The summed E-state index contributed by atoms with van der Waals surface area (Å²) in [6.07, 6.45) is 4.38. The second kappa shape index (κ2) is 10.5. The van der Waals surface area contributed by atoms with Crippen molar-refractivity contribution in [2.45, 2.75) is 44.2 Å². The summed E-state index contributed by atoms with van der Waals surface area (Å²) in [6, 6.07) is 6.60. The Kier molecular flexibility index (Phi) is 6.85. The first-order valence-electron chi connectivity index (χ1n) is 14.3. The number of anilines is 2. The third kappa shape index (κ3) is 4.27. The lowest BCUT2D eigenvalue weighted by Crippen LogP contribution is -2.50. The third-order valence-corrected chi connectivity index (χ3v) is 10.4. The highest BCUT2D eigenvalue weighted by molar-refractivity contribution is 7.23. The summed E-state index contributed by atoms with van der Waals surface area (Å²) in [5.74, 6) is -0.660. The molecule has 1 unspecified atom stereocenters. The number of hydrogen-bond donors (Lipinski definition) is 2. The minimum atomic E-state index is -0.683. The Balaban J connectivity index is 1.41.